The average Bonchev–Trinajstić information content (AvgIpc) is 3.81. The Morgan fingerprint density at radius 2 is 1.63 bits per heavy atom. The summed E-state index contributed by atoms with van der Waals surface area (Å²) in [6.07, 6.45) is 5.89. The number of nitrogens with one attached hydrogen (secondary N) is 1. The van der Waals surface area contributed by atoms with E-state index < -0.39 is 0 Å². The maximum Gasteiger partial charge on any atom is 0.164 e. The zero-order valence-electron chi connectivity index (χ0n) is 33.1. The molecule has 0 fully saturated rings. The van der Waals surface area contributed by atoms with Crippen molar-refractivity contribution in [1.29, 1.82) is 0 Å². The molecule has 0 unspecified atom stereocenters. The Morgan fingerprint density at radius 1 is 0.981 bits per heavy atom. The van der Waals surface area contributed by atoms with Crippen LogP contribution in [0.15, 0.2) is 46.5 Å². The van der Waals surface area contributed by atoms with Crippen molar-refractivity contribution in [3.63, 3.8) is 0 Å². The van der Waals surface area contributed by atoms with Crippen LogP contribution in [0.3, 0.4) is 0 Å². The van der Waals surface area contributed by atoms with Crippen LogP contribution in [-0.2, 0) is 36.7 Å². The molecule has 5 aromatic rings. The minimum atomic E-state index is -0.337. The van der Waals surface area contributed by atoms with E-state index in [-0.39, 0.29) is 47.9 Å². The Hall–Kier alpha value is -2.35. The van der Waals surface area contributed by atoms with Gasteiger partial charge in [-0.1, -0.05) is 93.4 Å². The third kappa shape index (κ3) is 8.17. The molecule has 0 spiro atoms. The van der Waals surface area contributed by atoms with Crippen molar-refractivity contribution in [2.75, 3.05) is 12.0 Å². The van der Waals surface area contributed by atoms with Crippen LogP contribution >= 0.6 is 34.0 Å². The molecule has 0 atom stereocenters. The molecule has 1 aliphatic rings. The van der Waals surface area contributed by atoms with E-state index in [1.54, 1.807) is 0 Å². The summed E-state index contributed by atoms with van der Waals surface area (Å²) in [6, 6.07) is 12.9. The number of nitrogens with zero attached hydrogens (tertiary/aromatic N) is 1. The van der Waals surface area contributed by atoms with Crippen molar-refractivity contribution in [1.82, 2.24) is 0 Å². The molecule has 4 heterocycles. The van der Waals surface area contributed by atoms with Gasteiger partial charge in [-0.2, -0.15) is 11.3 Å². The summed E-state index contributed by atoms with van der Waals surface area (Å²) in [5.41, 5.74) is 5.81. The summed E-state index contributed by atoms with van der Waals surface area (Å²) in [5.74, 6) is 0.939. The number of carbonyl (C=O) groups excluding carboxylic acids is 1. The van der Waals surface area contributed by atoms with Gasteiger partial charge in [-0.3, -0.25) is 4.79 Å². The van der Waals surface area contributed by atoms with Crippen LogP contribution in [0.4, 0.5) is 5.69 Å². The predicted octanol–water partition coefficient (Wildman–Crippen LogP) is 13.8. The standard InChI is InChI=1S/C29H29N2S3.C15H28O2.Ir/c1-15(2)11-20-16(3)33-27-19(20)7-8-22-23(27)25-28(34-22)24(30-14-31-25)18-12-17-9-10-32-26(17)21(13-18)29(4,5)6;1-7-14(5,8-2)12(16)11-13(17)15(6,9-3)10-4;/h7-10,13,15,31H,11,14H2,1-6H3;11,16H,7-10H2,1-6H3;/q-1;;/b;12-11-;. The minimum absolute atomic E-state index is 0. The van der Waals surface area contributed by atoms with Crippen molar-refractivity contribution in [3.8, 4) is 0 Å². The number of benzene rings is 2. The summed E-state index contributed by atoms with van der Waals surface area (Å²) in [5, 5.41) is 20.0. The van der Waals surface area contributed by atoms with Gasteiger partial charge in [0.2, 0.25) is 0 Å². The maximum absolute atomic E-state index is 12.2. The quantitative estimate of drug-likeness (QED) is 0.0833. The number of hydrogen-bond acceptors (Lipinski definition) is 7. The number of hydrogen-bond donors (Lipinski definition) is 2. The maximum atomic E-state index is 12.2. The van der Waals surface area contributed by atoms with Gasteiger partial charge in [-0.25, -0.2) is 0 Å². The second-order valence-corrected chi connectivity index (χ2v) is 19.3. The van der Waals surface area contributed by atoms with Gasteiger partial charge in [0.25, 0.3) is 0 Å². The number of anilines is 1. The number of rotatable bonds is 10. The van der Waals surface area contributed by atoms with E-state index in [0.29, 0.717) is 12.6 Å². The van der Waals surface area contributed by atoms with Gasteiger partial charge in [0.1, 0.15) is 5.76 Å². The van der Waals surface area contributed by atoms with Crippen LogP contribution in [0.2, 0.25) is 0 Å². The summed E-state index contributed by atoms with van der Waals surface area (Å²) < 4.78 is 4.10. The number of ketones is 1. The molecule has 0 saturated heterocycles. The Balaban J connectivity index is 0.000000289. The average molecular weight is 934 g/mol. The number of thiophene rings is 3. The van der Waals surface area contributed by atoms with E-state index in [2.05, 4.69) is 82.6 Å². The molecular weight excluding hydrogens is 877 g/mol. The molecule has 0 bridgehead atoms. The molecule has 0 saturated carbocycles. The van der Waals surface area contributed by atoms with Crippen molar-refractivity contribution in [2.24, 2.45) is 21.7 Å². The fourth-order valence-electron chi connectivity index (χ4n) is 6.76. The Bertz CT molecular complexity index is 2110. The van der Waals surface area contributed by atoms with Crippen molar-refractivity contribution < 1.29 is 30.0 Å². The molecule has 2 aromatic carbocycles. The van der Waals surface area contributed by atoms with Crippen LogP contribution in [0.25, 0.3) is 30.3 Å². The smallest absolute Gasteiger partial charge is 0.164 e. The van der Waals surface area contributed by atoms with Crippen LogP contribution in [0, 0.1) is 29.7 Å². The van der Waals surface area contributed by atoms with Gasteiger partial charge in [0.05, 0.1) is 12.4 Å². The Kier molecular flexibility index (Phi) is 13.5. The SMILES string of the molecule is CCC(C)(CC)C(=O)/C=C(\O)C(C)(CC)CC.Cc1sc2c(ccc3sc4c(c32)NCN=C4c2[c-]c3ccsc3c(C(C)(C)C)c2)c1CC(C)C.[Ir]. The monoisotopic (exact) mass is 934 g/mol. The van der Waals surface area contributed by atoms with Crippen molar-refractivity contribution in [3.05, 3.63) is 74.0 Å². The molecule has 2 N–H and O–H groups in total. The Morgan fingerprint density at radius 3 is 2.23 bits per heavy atom. The predicted molar refractivity (Wildman–Crippen MR) is 227 cm³/mol. The Labute approximate surface area is 337 Å². The first-order chi connectivity index (χ1) is 24.0. The number of carbonyl (C=O) groups is 1. The fourth-order valence-corrected chi connectivity index (χ4v) is 10.3. The first-order valence-corrected chi connectivity index (χ1v) is 21.2. The first-order valence-electron chi connectivity index (χ1n) is 18.7. The van der Waals surface area contributed by atoms with Gasteiger partial charge >= 0.3 is 0 Å². The van der Waals surface area contributed by atoms with Gasteiger partial charge < -0.3 is 15.4 Å². The third-order valence-electron chi connectivity index (χ3n) is 11.3. The molecule has 1 aliphatic heterocycles. The molecule has 283 valence electrons. The van der Waals surface area contributed by atoms with Gasteiger partial charge in [0.15, 0.2) is 5.78 Å². The third-order valence-corrected chi connectivity index (χ3v) is 14.6. The molecule has 1 radical (unpaired) electrons. The molecule has 0 amide bonds. The van der Waals surface area contributed by atoms with Crippen molar-refractivity contribution >= 4 is 81.5 Å². The molecule has 0 aliphatic carbocycles. The van der Waals surface area contributed by atoms with E-state index in [4.69, 9.17) is 4.99 Å². The largest absolute Gasteiger partial charge is 0.512 e. The number of fused-ring (bicyclic) bond motifs is 6. The zero-order chi connectivity index (χ0) is 37.5. The molecular formula is C44H57IrN2O2S3-. The van der Waals surface area contributed by atoms with E-state index in [9.17, 15) is 9.90 Å². The number of aryl methyl sites for hydroxylation is 1. The van der Waals surface area contributed by atoms with Crippen LogP contribution in [-0.4, -0.2) is 23.3 Å². The van der Waals surface area contributed by atoms with E-state index in [0.717, 1.165) is 43.4 Å². The summed E-state index contributed by atoms with van der Waals surface area (Å²) in [6.45, 7) is 26.5. The molecule has 6 rings (SSSR count). The molecule has 4 nitrogen and oxygen atoms in total. The summed E-state index contributed by atoms with van der Waals surface area (Å²) >= 11 is 5.63. The number of aliphatic imine (C=N–C) groups is 1. The van der Waals surface area contributed by atoms with E-state index >= 15 is 0 Å². The molecule has 52 heavy (non-hydrogen) atoms. The second-order valence-electron chi connectivity index (χ2n) is 16.1. The fraction of sp³-hybridized carbons (Fsp3) is 0.500. The van der Waals surface area contributed by atoms with Gasteiger partial charge in [-0.05, 0) is 77.5 Å². The van der Waals surface area contributed by atoms with Crippen LogP contribution in [0.1, 0.15) is 128 Å². The first kappa shape index (κ1) is 42.4. The van der Waals surface area contributed by atoms with Gasteiger partial charge in [-0.15, -0.1) is 46.3 Å². The normalized spacial score (nSPS) is 13.9. The van der Waals surface area contributed by atoms with Crippen LogP contribution in [0.5, 0.6) is 0 Å². The van der Waals surface area contributed by atoms with Gasteiger partial charge in [0, 0.05) is 67.3 Å². The number of aliphatic hydroxyl groups excluding tert-OH is 1. The zero-order valence-corrected chi connectivity index (χ0v) is 38.0. The van der Waals surface area contributed by atoms with Crippen molar-refractivity contribution in [2.45, 2.75) is 121 Å². The molecule has 8 heteroatoms. The molecule has 3 aromatic heterocycles. The summed E-state index contributed by atoms with van der Waals surface area (Å²) in [4.78, 5) is 19.9. The number of allylic oxidation sites excluding steroid dienone is 2. The number of aliphatic hydroxyl groups is 1. The topological polar surface area (TPSA) is 61.7 Å². The van der Waals surface area contributed by atoms with Crippen LogP contribution < -0.4 is 5.32 Å². The van der Waals surface area contributed by atoms with E-state index in [1.807, 2.05) is 75.6 Å². The minimum Gasteiger partial charge on any atom is -0.512 e. The second kappa shape index (κ2) is 16.6. The van der Waals surface area contributed by atoms with E-state index in [1.165, 1.54) is 62.9 Å². The summed E-state index contributed by atoms with van der Waals surface area (Å²) in [7, 11) is 0.